The third-order valence-electron chi connectivity index (χ3n) is 4.64. The van der Waals surface area contributed by atoms with Crippen molar-refractivity contribution >= 4 is 39.8 Å². The number of carbonyl (C=O) groups is 3. The number of thiophene rings is 1. The summed E-state index contributed by atoms with van der Waals surface area (Å²) in [7, 11) is 0. The summed E-state index contributed by atoms with van der Waals surface area (Å²) in [5, 5.41) is 5.99. The molecule has 28 heavy (non-hydrogen) atoms. The second kappa shape index (κ2) is 8.56. The van der Waals surface area contributed by atoms with Crippen molar-refractivity contribution in [1.82, 2.24) is 0 Å². The van der Waals surface area contributed by atoms with Crippen molar-refractivity contribution in [3.63, 3.8) is 0 Å². The maximum absolute atomic E-state index is 12.8. The highest BCUT2D eigenvalue weighted by Gasteiger charge is 2.29. The standard InChI is InChI=1S/C21H24N2O4S/c1-12-8-10-15(11-9-12)23-19(25)13(2)27-21(26)18-16-6-4-5-7-17(16)28-20(18)22-14(3)24/h8-11,13H,4-7H2,1-3H3,(H,22,24)(H,23,25)/t13-/m0/s1. The van der Waals surface area contributed by atoms with Gasteiger partial charge in [0.1, 0.15) is 5.00 Å². The first-order valence-electron chi connectivity index (χ1n) is 9.35. The van der Waals surface area contributed by atoms with Gasteiger partial charge in [0.05, 0.1) is 5.56 Å². The Hall–Kier alpha value is -2.67. The lowest BCUT2D eigenvalue weighted by Gasteiger charge is -2.16. The Morgan fingerprint density at radius 1 is 1.07 bits per heavy atom. The SMILES string of the molecule is CC(=O)Nc1sc2c(c1C(=O)O[C@@H](C)C(=O)Nc1ccc(C)cc1)CCCC2. The summed E-state index contributed by atoms with van der Waals surface area (Å²) >= 11 is 1.42. The summed E-state index contributed by atoms with van der Waals surface area (Å²) in [6.07, 6.45) is 2.77. The van der Waals surface area contributed by atoms with Crippen molar-refractivity contribution in [3.8, 4) is 0 Å². The van der Waals surface area contributed by atoms with E-state index in [0.717, 1.165) is 41.7 Å². The predicted molar refractivity (Wildman–Crippen MR) is 110 cm³/mol. The van der Waals surface area contributed by atoms with Crippen LogP contribution < -0.4 is 10.6 Å². The Bertz CT molecular complexity index is 902. The highest BCUT2D eigenvalue weighted by Crippen LogP contribution is 2.38. The Labute approximate surface area is 168 Å². The Morgan fingerprint density at radius 2 is 1.75 bits per heavy atom. The van der Waals surface area contributed by atoms with E-state index < -0.39 is 18.0 Å². The Balaban J connectivity index is 1.74. The molecule has 1 aromatic heterocycles. The fraction of sp³-hybridized carbons (Fsp3) is 0.381. The number of rotatable bonds is 5. The first-order chi connectivity index (χ1) is 13.3. The van der Waals surface area contributed by atoms with Gasteiger partial charge in [-0.3, -0.25) is 9.59 Å². The average molecular weight is 401 g/mol. The van der Waals surface area contributed by atoms with Gasteiger partial charge in [-0.25, -0.2) is 4.79 Å². The van der Waals surface area contributed by atoms with E-state index in [9.17, 15) is 14.4 Å². The monoisotopic (exact) mass is 400 g/mol. The first kappa shape index (κ1) is 20.1. The highest BCUT2D eigenvalue weighted by atomic mass is 32.1. The second-order valence-electron chi connectivity index (χ2n) is 7.00. The molecule has 1 atom stereocenters. The maximum Gasteiger partial charge on any atom is 0.342 e. The molecule has 1 aliphatic rings. The number of benzene rings is 1. The van der Waals surface area contributed by atoms with Crippen LogP contribution in [-0.2, 0) is 27.2 Å². The van der Waals surface area contributed by atoms with Crippen LogP contribution in [0.15, 0.2) is 24.3 Å². The fourth-order valence-corrected chi connectivity index (χ4v) is 4.51. The van der Waals surface area contributed by atoms with Gasteiger partial charge in [0.25, 0.3) is 5.91 Å². The lowest BCUT2D eigenvalue weighted by Crippen LogP contribution is -2.30. The molecule has 1 heterocycles. The number of hydrogen-bond acceptors (Lipinski definition) is 5. The fourth-order valence-electron chi connectivity index (χ4n) is 3.18. The van der Waals surface area contributed by atoms with Gasteiger partial charge in [-0.2, -0.15) is 0 Å². The molecule has 0 saturated heterocycles. The highest BCUT2D eigenvalue weighted by molar-refractivity contribution is 7.17. The summed E-state index contributed by atoms with van der Waals surface area (Å²) in [6, 6.07) is 7.38. The Morgan fingerprint density at radius 3 is 2.43 bits per heavy atom. The molecule has 3 rings (SSSR count). The predicted octanol–water partition coefficient (Wildman–Crippen LogP) is 4.08. The zero-order chi connectivity index (χ0) is 20.3. The van der Waals surface area contributed by atoms with Crippen molar-refractivity contribution in [2.75, 3.05) is 10.6 Å². The minimum absolute atomic E-state index is 0.238. The van der Waals surface area contributed by atoms with Crippen molar-refractivity contribution in [1.29, 1.82) is 0 Å². The van der Waals surface area contributed by atoms with Crippen LogP contribution in [0.5, 0.6) is 0 Å². The van der Waals surface area contributed by atoms with Gasteiger partial charge in [-0.1, -0.05) is 17.7 Å². The molecule has 0 bridgehead atoms. The average Bonchev–Trinajstić information content (AvgIpc) is 3.00. The molecular formula is C21H24N2O4S. The van der Waals surface area contributed by atoms with Crippen LogP contribution in [0.2, 0.25) is 0 Å². The number of amides is 2. The molecule has 2 N–H and O–H groups in total. The normalized spacial score (nSPS) is 14.0. The number of hydrogen-bond donors (Lipinski definition) is 2. The lowest BCUT2D eigenvalue weighted by atomic mass is 9.95. The molecule has 0 saturated carbocycles. The third-order valence-corrected chi connectivity index (χ3v) is 5.84. The van der Waals surface area contributed by atoms with E-state index in [0.29, 0.717) is 16.3 Å². The number of fused-ring (bicyclic) bond motifs is 1. The van der Waals surface area contributed by atoms with Gasteiger partial charge in [0.15, 0.2) is 6.10 Å². The molecular weight excluding hydrogens is 376 g/mol. The molecule has 0 fully saturated rings. The third kappa shape index (κ3) is 4.59. The van der Waals surface area contributed by atoms with Crippen molar-refractivity contribution in [3.05, 3.63) is 45.8 Å². The van der Waals surface area contributed by atoms with E-state index in [1.165, 1.54) is 25.2 Å². The maximum atomic E-state index is 12.8. The van der Waals surface area contributed by atoms with Gasteiger partial charge in [0.2, 0.25) is 5.91 Å². The largest absolute Gasteiger partial charge is 0.449 e. The molecule has 148 valence electrons. The zero-order valence-electron chi connectivity index (χ0n) is 16.3. The van der Waals surface area contributed by atoms with Crippen LogP contribution in [0.3, 0.4) is 0 Å². The smallest absolute Gasteiger partial charge is 0.342 e. The van der Waals surface area contributed by atoms with E-state index in [-0.39, 0.29) is 5.91 Å². The summed E-state index contributed by atoms with van der Waals surface area (Å²) in [4.78, 5) is 37.9. The van der Waals surface area contributed by atoms with Gasteiger partial charge < -0.3 is 15.4 Å². The second-order valence-corrected chi connectivity index (χ2v) is 8.10. The molecule has 2 amide bonds. The first-order valence-corrected chi connectivity index (χ1v) is 10.2. The van der Waals surface area contributed by atoms with Gasteiger partial charge in [0, 0.05) is 17.5 Å². The van der Waals surface area contributed by atoms with Crippen LogP contribution in [0.25, 0.3) is 0 Å². The molecule has 7 heteroatoms. The Kier molecular flexibility index (Phi) is 6.14. The van der Waals surface area contributed by atoms with Crippen molar-refractivity contribution in [2.45, 2.75) is 52.6 Å². The molecule has 0 spiro atoms. The van der Waals surface area contributed by atoms with Crippen LogP contribution in [0, 0.1) is 6.92 Å². The van der Waals surface area contributed by atoms with E-state index in [4.69, 9.17) is 4.74 Å². The van der Waals surface area contributed by atoms with E-state index in [1.54, 1.807) is 12.1 Å². The molecule has 1 aromatic carbocycles. The van der Waals surface area contributed by atoms with Crippen LogP contribution >= 0.6 is 11.3 Å². The van der Waals surface area contributed by atoms with E-state index in [1.807, 2.05) is 19.1 Å². The van der Waals surface area contributed by atoms with Crippen LogP contribution in [0.4, 0.5) is 10.7 Å². The summed E-state index contributed by atoms with van der Waals surface area (Å²) in [5.74, 6) is -1.21. The summed E-state index contributed by atoms with van der Waals surface area (Å²) < 4.78 is 5.45. The molecule has 0 aliphatic heterocycles. The number of ether oxygens (including phenoxy) is 1. The summed E-state index contributed by atoms with van der Waals surface area (Å²) in [5.41, 5.74) is 3.07. The van der Waals surface area contributed by atoms with Crippen LogP contribution in [-0.4, -0.2) is 23.9 Å². The number of nitrogens with one attached hydrogen (secondary N) is 2. The van der Waals surface area contributed by atoms with Crippen LogP contribution in [0.1, 0.15) is 53.1 Å². The van der Waals surface area contributed by atoms with Crippen molar-refractivity contribution in [2.24, 2.45) is 0 Å². The van der Waals surface area contributed by atoms with E-state index >= 15 is 0 Å². The molecule has 2 aromatic rings. The number of anilines is 2. The van der Waals surface area contributed by atoms with Crippen molar-refractivity contribution < 1.29 is 19.1 Å². The van der Waals surface area contributed by atoms with E-state index in [2.05, 4.69) is 10.6 Å². The van der Waals surface area contributed by atoms with Gasteiger partial charge in [-0.05, 0) is 57.2 Å². The minimum atomic E-state index is -0.960. The molecule has 6 nitrogen and oxygen atoms in total. The zero-order valence-corrected chi connectivity index (χ0v) is 17.1. The topological polar surface area (TPSA) is 84.5 Å². The number of aryl methyl sites for hydroxylation is 2. The van der Waals surface area contributed by atoms with Gasteiger partial charge in [-0.15, -0.1) is 11.3 Å². The molecule has 0 unspecified atom stereocenters. The summed E-state index contributed by atoms with van der Waals surface area (Å²) in [6.45, 7) is 4.91. The quantitative estimate of drug-likeness (QED) is 0.741. The molecule has 0 radical (unpaired) electrons. The number of esters is 1. The molecule has 1 aliphatic carbocycles. The minimum Gasteiger partial charge on any atom is -0.449 e. The van der Waals surface area contributed by atoms with Gasteiger partial charge >= 0.3 is 5.97 Å². The number of carbonyl (C=O) groups excluding carboxylic acids is 3. The lowest BCUT2D eigenvalue weighted by molar-refractivity contribution is -0.123.